The number of carbonyl (C=O) groups excluding carboxylic acids is 2. The van der Waals surface area contributed by atoms with Crippen LogP contribution in [-0.2, 0) is 4.79 Å². The second kappa shape index (κ2) is 6.95. The number of amides is 3. The molecule has 1 heterocycles. The molecule has 0 aromatic heterocycles. The van der Waals surface area contributed by atoms with Gasteiger partial charge < -0.3 is 15.1 Å². The number of piperidine rings is 1. The fraction of sp³-hybridized carbons (Fsp3) is 0.867. The standard InChI is InChI=1S/C15H29N3O2/c1-6-17(7-2)14(20)16-12-8-10-18(11-9-12)13(19)15(3,4)5/h12H,6-11H2,1-5H3,(H,16,20). The van der Waals surface area contributed by atoms with Crippen molar-refractivity contribution in [1.29, 1.82) is 0 Å². The summed E-state index contributed by atoms with van der Waals surface area (Å²) in [6.07, 6.45) is 1.68. The lowest BCUT2D eigenvalue weighted by molar-refractivity contribution is -0.140. The number of likely N-dealkylation sites (tertiary alicyclic amines) is 1. The molecule has 0 saturated carbocycles. The molecule has 1 aliphatic rings. The summed E-state index contributed by atoms with van der Waals surface area (Å²) in [4.78, 5) is 27.9. The first kappa shape index (κ1) is 16.8. The summed E-state index contributed by atoms with van der Waals surface area (Å²) in [6, 6.07) is 0.197. The molecule has 1 fully saturated rings. The maximum atomic E-state index is 12.2. The van der Waals surface area contributed by atoms with Gasteiger partial charge in [0.1, 0.15) is 0 Å². The Morgan fingerprint density at radius 2 is 1.65 bits per heavy atom. The number of rotatable bonds is 3. The zero-order chi connectivity index (χ0) is 15.3. The van der Waals surface area contributed by atoms with E-state index >= 15 is 0 Å². The minimum Gasteiger partial charge on any atom is -0.342 e. The first-order valence-corrected chi connectivity index (χ1v) is 7.64. The van der Waals surface area contributed by atoms with Gasteiger partial charge in [0, 0.05) is 37.6 Å². The minimum atomic E-state index is -0.322. The zero-order valence-corrected chi connectivity index (χ0v) is 13.5. The molecule has 0 atom stereocenters. The lowest BCUT2D eigenvalue weighted by Crippen LogP contribution is -2.51. The van der Waals surface area contributed by atoms with E-state index in [-0.39, 0.29) is 23.4 Å². The van der Waals surface area contributed by atoms with Gasteiger partial charge in [-0.05, 0) is 26.7 Å². The van der Waals surface area contributed by atoms with Crippen LogP contribution in [0.25, 0.3) is 0 Å². The van der Waals surface area contributed by atoms with Crippen molar-refractivity contribution in [2.45, 2.75) is 53.5 Å². The van der Waals surface area contributed by atoms with Gasteiger partial charge in [-0.3, -0.25) is 4.79 Å². The van der Waals surface area contributed by atoms with Crippen molar-refractivity contribution in [1.82, 2.24) is 15.1 Å². The molecule has 1 N–H and O–H groups in total. The molecular weight excluding hydrogens is 254 g/mol. The maximum Gasteiger partial charge on any atom is 0.317 e. The van der Waals surface area contributed by atoms with E-state index in [2.05, 4.69) is 5.32 Å². The van der Waals surface area contributed by atoms with E-state index < -0.39 is 0 Å². The highest BCUT2D eigenvalue weighted by Gasteiger charge is 2.30. The van der Waals surface area contributed by atoms with Gasteiger partial charge in [0.05, 0.1) is 0 Å². The number of nitrogens with zero attached hydrogens (tertiary/aromatic N) is 2. The first-order chi connectivity index (χ1) is 9.29. The molecule has 116 valence electrons. The number of urea groups is 1. The monoisotopic (exact) mass is 283 g/mol. The van der Waals surface area contributed by atoms with Crippen LogP contribution < -0.4 is 5.32 Å². The van der Waals surface area contributed by atoms with Crippen molar-refractivity contribution in [3.63, 3.8) is 0 Å². The molecule has 20 heavy (non-hydrogen) atoms. The number of nitrogens with one attached hydrogen (secondary N) is 1. The van der Waals surface area contributed by atoms with Crippen LogP contribution in [-0.4, -0.2) is 54.0 Å². The molecule has 0 radical (unpaired) electrons. The average Bonchev–Trinajstić information content (AvgIpc) is 2.39. The van der Waals surface area contributed by atoms with Gasteiger partial charge in [-0.2, -0.15) is 0 Å². The third kappa shape index (κ3) is 4.39. The highest BCUT2D eigenvalue weighted by atomic mass is 16.2. The second-order valence-corrected chi connectivity index (χ2v) is 6.44. The number of hydrogen-bond donors (Lipinski definition) is 1. The topological polar surface area (TPSA) is 52.7 Å². The van der Waals surface area contributed by atoms with Crippen molar-refractivity contribution in [2.75, 3.05) is 26.2 Å². The number of hydrogen-bond acceptors (Lipinski definition) is 2. The van der Waals surface area contributed by atoms with Gasteiger partial charge >= 0.3 is 6.03 Å². The second-order valence-electron chi connectivity index (χ2n) is 6.44. The molecule has 1 rings (SSSR count). The van der Waals surface area contributed by atoms with Gasteiger partial charge in [-0.25, -0.2) is 4.79 Å². The molecule has 0 bridgehead atoms. The lowest BCUT2D eigenvalue weighted by atomic mass is 9.93. The van der Waals surface area contributed by atoms with Crippen LogP contribution in [0, 0.1) is 5.41 Å². The quantitative estimate of drug-likeness (QED) is 0.862. The van der Waals surface area contributed by atoms with Crippen LogP contribution >= 0.6 is 0 Å². The number of carbonyl (C=O) groups is 2. The van der Waals surface area contributed by atoms with Gasteiger partial charge in [0.2, 0.25) is 5.91 Å². The van der Waals surface area contributed by atoms with Crippen molar-refractivity contribution >= 4 is 11.9 Å². The molecule has 1 saturated heterocycles. The van der Waals surface area contributed by atoms with E-state index in [0.29, 0.717) is 0 Å². The molecule has 1 aliphatic heterocycles. The van der Waals surface area contributed by atoms with E-state index in [1.807, 2.05) is 39.5 Å². The smallest absolute Gasteiger partial charge is 0.317 e. The van der Waals surface area contributed by atoms with Gasteiger partial charge in [0.15, 0.2) is 0 Å². The maximum absolute atomic E-state index is 12.2. The van der Waals surface area contributed by atoms with Crippen LogP contribution in [0.5, 0.6) is 0 Å². The summed E-state index contributed by atoms with van der Waals surface area (Å²) >= 11 is 0. The molecule has 5 nitrogen and oxygen atoms in total. The highest BCUT2D eigenvalue weighted by Crippen LogP contribution is 2.21. The van der Waals surface area contributed by atoms with Crippen molar-refractivity contribution in [2.24, 2.45) is 5.41 Å². The predicted octanol–water partition coefficient (Wildman–Crippen LogP) is 2.07. The Morgan fingerprint density at radius 3 is 2.05 bits per heavy atom. The summed E-state index contributed by atoms with van der Waals surface area (Å²) in [6.45, 7) is 12.7. The normalized spacial score (nSPS) is 16.9. The summed E-state index contributed by atoms with van der Waals surface area (Å²) in [5.74, 6) is 0.200. The van der Waals surface area contributed by atoms with Crippen molar-refractivity contribution < 1.29 is 9.59 Å². The van der Waals surface area contributed by atoms with E-state index in [1.54, 1.807) is 4.90 Å². The molecule has 0 aromatic carbocycles. The Bertz CT molecular complexity index is 338. The van der Waals surface area contributed by atoms with E-state index in [9.17, 15) is 9.59 Å². The largest absolute Gasteiger partial charge is 0.342 e. The highest BCUT2D eigenvalue weighted by molar-refractivity contribution is 5.81. The lowest BCUT2D eigenvalue weighted by Gasteiger charge is -2.36. The van der Waals surface area contributed by atoms with Gasteiger partial charge in [-0.1, -0.05) is 20.8 Å². The third-order valence-electron chi connectivity index (χ3n) is 3.80. The Balaban J connectivity index is 2.43. The van der Waals surface area contributed by atoms with E-state index in [4.69, 9.17) is 0 Å². The van der Waals surface area contributed by atoms with Gasteiger partial charge in [0.25, 0.3) is 0 Å². The average molecular weight is 283 g/mol. The third-order valence-corrected chi connectivity index (χ3v) is 3.80. The van der Waals surface area contributed by atoms with E-state index in [1.165, 1.54) is 0 Å². The van der Waals surface area contributed by atoms with Gasteiger partial charge in [-0.15, -0.1) is 0 Å². The summed E-state index contributed by atoms with van der Waals surface area (Å²) in [7, 11) is 0. The van der Waals surface area contributed by atoms with E-state index in [0.717, 1.165) is 39.0 Å². The molecule has 3 amide bonds. The Hall–Kier alpha value is -1.26. The molecule has 0 unspecified atom stereocenters. The van der Waals surface area contributed by atoms with Crippen LogP contribution in [0.1, 0.15) is 47.5 Å². The molecular formula is C15H29N3O2. The summed E-state index contributed by atoms with van der Waals surface area (Å²) in [5, 5.41) is 3.07. The summed E-state index contributed by atoms with van der Waals surface area (Å²) in [5.41, 5.74) is -0.322. The van der Waals surface area contributed by atoms with Crippen LogP contribution in [0.4, 0.5) is 4.79 Å². The van der Waals surface area contributed by atoms with Crippen molar-refractivity contribution in [3.05, 3.63) is 0 Å². The molecule has 0 spiro atoms. The van der Waals surface area contributed by atoms with Crippen molar-refractivity contribution in [3.8, 4) is 0 Å². The molecule has 5 heteroatoms. The van der Waals surface area contributed by atoms with Crippen LogP contribution in [0.2, 0.25) is 0 Å². The SMILES string of the molecule is CCN(CC)C(=O)NC1CCN(C(=O)C(C)(C)C)CC1. The van der Waals surface area contributed by atoms with Crippen LogP contribution in [0.3, 0.4) is 0 Å². The fourth-order valence-corrected chi connectivity index (χ4v) is 2.48. The summed E-state index contributed by atoms with van der Waals surface area (Å²) < 4.78 is 0. The van der Waals surface area contributed by atoms with Crippen LogP contribution in [0.15, 0.2) is 0 Å². The predicted molar refractivity (Wildman–Crippen MR) is 80.5 cm³/mol. The molecule has 0 aromatic rings. The fourth-order valence-electron chi connectivity index (χ4n) is 2.48. The zero-order valence-electron chi connectivity index (χ0n) is 13.5. The minimum absolute atomic E-state index is 0.00981. The molecule has 0 aliphatic carbocycles. The first-order valence-electron chi connectivity index (χ1n) is 7.64. The Kier molecular flexibility index (Phi) is 5.84. The Morgan fingerprint density at radius 1 is 1.15 bits per heavy atom. The Labute approximate surface area is 122 Å².